The molecule has 0 radical (unpaired) electrons. The molecule has 106 valence electrons. The van der Waals surface area contributed by atoms with E-state index in [0.29, 0.717) is 16.0 Å². The molecule has 7 nitrogen and oxygen atoms in total. The molecular formula is C13H11N5O2S. The number of fused-ring (bicyclic) bond motifs is 1. The molecule has 0 saturated carbocycles. The molecule has 0 unspecified atom stereocenters. The molecule has 0 saturated heterocycles. The van der Waals surface area contributed by atoms with Crippen molar-refractivity contribution < 1.29 is 4.79 Å². The maximum Gasteiger partial charge on any atom is 0.247 e. The van der Waals surface area contributed by atoms with E-state index in [1.807, 2.05) is 6.92 Å². The van der Waals surface area contributed by atoms with Crippen molar-refractivity contribution in [3.63, 3.8) is 0 Å². The van der Waals surface area contributed by atoms with Crippen LogP contribution in [0, 0.1) is 6.92 Å². The minimum atomic E-state index is -0.271. The van der Waals surface area contributed by atoms with Crippen LogP contribution in [0.15, 0.2) is 35.3 Å². The van der Waals surface area contributed by atoms with Crippen molar-refractivity contribution in [2.45, 2.75) is 13.5 Å². The number of amides is 1. The zero-order valence-electron chi connectivity index (χ0n) is 11.1. The third-order valence-corrected chi connectivity index (χ3v) is 3.58. The van der Waals surface area contributed by atoms with Crippen LogP contribution in [0.1, 0.15) is 5.01 Å². The maximum atomic E-state index is 12.0. The Bertz CT molecular complexity index is 870. The molecule has 1 amide bonds. The average molecular weight is 301 g/mol. The van der Waals surface area contributed by atoms with Gasteiger partial charge >= 0.3 is 0 Å². The van der Waals surface area contributed by atoms with E-state index in [4.69, 9.17) is 0 Å². The first kappa shape index (κ1) is 13.4. The summed E-state index contributed by atoms with van der Waals surface area (Å²) in [5.41, 5.74) is 0.454. The fraction of sp³-hybridized carbons (Fsp3) is 0.154. The summed E-state index contributed by atoms with van der Waals surface area (Å²) in [4.78, 5) is 23.7. The van der Waals surface area contributed by atoms with Crippen LogP contribution in [-0.2, 0) is 11.3 Å². The molecule has 21 heavy (non-hydrogen) atoms. The number of carbonyl (C=O) groups excluding carboxylic acids is 1. The number of nitrogens with zero attached hydrogens (tertiary/aromatic N) is 4. The van der Waals surface area contributed by atoms with Crippen molar-refractivity contribution in [3.8, 4) is 0 Å². The van der Waals surface area contributed by atoms with Gasteiger partial charge in [0.25, 0.3) is 0 Å². The van der Waals surface area contributed by atoms with Crippen molar-refractivity contribution in [1.82, 2.24) is 20.0 Å². The number of rotatable bonds is 3. The van der Waals surface area contributed by atoms with Crippen molar-refractivity contribution in [1.29, 1.82) is 0 Å². The molecule has 2 aromatic heterocycles. The molecular weight excluding hydrogens is 290 g/mol. The molecule has 0 aliphatic heterocycles. The molecule has 2 heterocycles. The second-order valence-electron chi connectivity index (χ2n) is 4.36. The smallest absolute Gasteiger partial charge is 0.247 e. The van der Waals surface area contributed by atoms with E-state index in [9.17, 15) is 9.59 Å². The Hall–Kier alpha value is -2.61. The van der Waals surface area contributed by atoms with Gasteiger partial charge < -0.3 is 0 Å². The van der Waals surface area contributed by atoms with Crippen molar-refractivity contribution in [2.24, 2.45) is 0 Å². The molecule has 3 aromatic rings. The zero-order valence-corrected chi connectivity index (χ0v) is 11.9. The number of nitrogens with one attached hydrogen (secondary N) is 1. The minimum Gasteiger partial charge on any atom is -0.299 e. The summed E-state index contributed by atoms with van der Waals surface area (Å²) in [6.07, 6.45) is 1.21. The van der Waals surface area contributed by atoms with E-state index in [1.54, 1.807) is 24.3 Å². The number of hydrogen-bond donors (Lipinski definition) is 1. The van der Waals surface area contributed by atoms with Crippen LogP contribution in [0.3, 0.4) is 0 Å². The first-order chi connectivity index (χ1) is 10.1. The van der Waals surface area contributed by atoms with Crippen LogP contribution < -0.4 is 10.7 Å². The fourth-order valence-electron chi connectivity index (χ4n) is 1.93. The highest BCUT2D eigenvalue weighted by molar-refractivity contribution is 7.15. The number of anilines is 1. The second kappa shape index (κ2) is 5.41. The number of hydrogen-bond acceptors (Lipinski definition) is 6. The Morgan fingerprint density at radius 1 is 1.33 bits per heavy atom. The predicted octanol–water partition coefficient (Wildman–Crippen LogP) is 1.20. The molecule has 0 aliphatic rings. The van der Waals surface area contributed by atoms with E-state index in [1.165, 1.54) is 22.2 Å². The van der Waals surface area contributed by atoms with Gasteiger partial charge in [-0.05, 0) is 19.1 Å². The summed E-state index contributed by atoms with van der Waals surface area (Å²) in [5.74, 6) is -0.271. The summed E-state index contributed by atoms with van der Waals surface area (Å²) < 4.78 is 1.49. The van der Waals surface area contributed by atoms with Crippen LogP contribution >= 0.6 is 11.3 Å². The molecule has 0 fully saturated rings. The molecule has 0 atom stereocenters. The predicted molar refractivity (Wildman–Crippen MR) is 79.3 cm³/mol. The largest absolute Gasteiger partial charge is 0.299 e. The number of aryl methyl sites for hydroxylation is 1. The van der Waals surface area contributed by atoms with Crippen LogP contribution in [0.4, 0.5) is 5.13 Å². The standard InChI is InChI=1S/C13H11N5O2S/c1-8-16-17-13(21-8)15-12(20)7-18-10-5-3-2-4-9(10)11(19)6-14-18/h2-6H,7H2,1H3,(H,15,17,20). The van der Waals surface area contributed by atoms with Gasteiger partial charge in [-0.2, -0.15) is 5.10 Å². The Morgan fingerprint density at radius 3 is 2.90 bits per heavy atom. The molecule has 0 spiro atoms. The van der Waals surface area contributed by atoms with Crippen molar-refractivity contribution >= 4 is 33.3 Å². The van der Waals surface area contributed by atoms with Gasteiger partial charge in [0.1, 0.15) is 11.6 Å². The SMILES string of the molecule is Cc1nnc(NC(=O)Cn2ncc(=O)c3ccccc32)s1. The molecule has 0 bridgehead atoms. The molecule has 3 rings (SSSR count). The highest BCUT2D eigenvalue weighted by Gasteiger charge is 2.10. The lowest BCUT2D eigenvalue weighted by Gasteiger charge is -2.08. The Labute approximate surface area is 123 Å². The molecule has 0 aliphatic carbocycles. The highest BCUT2D eigenvalue weighted by Crippen LogP contribution is 2.14. The number of benzene rings is 1. The minimum absolute atomic E-state index is 0.000574. The monoisotopic (exact) mass is 301 g/mol. The van der Waals surface area contributed by atoms with Crippen molar-refractivity contribution in [2.75, 3.05) is 5.32 Å². The lowest BCUT2D eigenvalue weighted by Crippen LogP contribution is -2.22. The Morgan fingerprint density at radius 2 is 2.14 bits per heavy atom. The number of aromatic nitrogens is 4. The lowest BCUT2D eigenvalue weighted by molar-refractivity contribution is -0.116. The first-order valence-electron chi connectivity index (χ1n) is 6.18. The normalized spacial score (nSPS) is 10.7. The summed E-state index contributed by atoms with van der Waals surface area (Å²) in [6, 6.07) is 7.04. The summed E-state index contributed by atoms with van der Waals surface area (Å²) in [7, 11) is 0. The number of para-hydroxylation sites is 1. The van der Waals surface area contributed by atoms with Gasteiger partial charge in [0.2, 0.25) is 16.5 Å². The van der Waals surface area contributed by atoms with E-state index in [-0.39, 0.29) is 17.9 Å². The van der Waals surface area contributed by atoms with E-state index >= 15 is 0 Å². The summed E-state index contributed by atoms with van der Waals surface area (Å²) in [5, 5.41) is 16.1. The van der Waals surface area contributed by atoms with Gasteiger partial charge in [0.15, 0.2) is 0 Å². The van der Waals surface area contributed by atoms with E-state index in [2.05, 4.69) is 20.6 Å². The van der Waals surface area contributed by atoms with Gasteiger partial charge in [0, 0.05) is 5.39 Å². The van der Waals surface area contributed by atoms with Gasteiger partial charge in [-0.3, -0.25) is 19.6 Å². The zero-order chi connectivity index (χ0) is 14.8. The van der Waals surface area contributed by atoms with Crippen LogP contribution in [0.25, 0.3) is 10.9 Å². The molecule has 8 heteroatoms. The summed E-state index contributed by atoms with van der Waals surface area (Å²) in [6.45, 7) is 1.81. The quantitative estimate of drug-likeness (QED) is 0.785. The second-order valence-corrected chi connectivity index (χ2v) is 5.54. The van der Waals surface area contributed by atoms with Crippen LogP contribution in [0.2, 0.25) is 0 Å². The molecule has 1 N–H and O–H groups in total. The Balaban J connectivity index is 1.86. The fourth-order valence-corrected chi connectivity index (χ4v) is 2.54. The van der Waals surface area contributed by atoms with Gasteiger partial charge in [-0.25, -0.2) is 0 Å². The molecule has 1 aromatic carbocycles. The van der Waals surface area contributed by atoms with Crippen LogP contribution in [-0.4, -0.2) is 25.9 Å². The van der Waals surface area contributed by atoms with E-state index < -0.39 is 0 Å². The first-order valence-corrected chi connectivity index (χ1v) is 7.00. The number of carbonyl (C=O) groups is 1. The Kier molecular flexibility index (Phi) is 3.44. The van der Waals surface area contributed by atoms with Gasteiger partial charge in [-0.15, -0.1) is 10.2 Å². The third-order valence-electron chi connectivity index (χ3n) is 2.83. The lowest BCUT2D eigenvalue weighted by atomic mass is 10.2. The van der Waals surface area contributed by atoms with E-state index in [0.717, 1.165) is 5.01 Å². The van der Waals surface area contributed by atoms with Gasteiger partial charge in [0.05, 0.1) is 11.7 Å². The van der Waals surface area contributed by atoms with Crippen LogP contribution in [0.5, 0.6) is 0 Å². The topological polar surface area (TPSA) is 89.8 Å². The van der Waals surface area contributed by atoms with Gasteiger partial charge in [-0.1, -0.05) is 23.5 Å². The highest BCUT2D eigenvalue weighted by atomic mass is 32.1. The average Bonchev–Trinajstić information content (AvgIpc) is 2.87. The third kappa shape index (κ3) is 2.79. The van der Waals surface area contributed by atoms with Crippen molar-refractivity contribution in [3.05, 3.63) is 45.7 Å². The summed E-state index contributed by atoms with van der Waals surface area (Å²) >= 11 is 1.30. The maximum absolute atomic E-state index is 12.0.